The Bertz CT molecular complexity index is 728. The Morgan fingerprint density at radius 1 is 1.06 bits per heavy atom. The minimum atomic E-state index is -0.409. The predicted octanol–water partition coefficient (Wildman–Crippen LogP) is 2.46. The fourth-order valence-corrected chi connectivity index (χ4v) is 1.84. The van der Waals surface area contributed by atoms with Crippen molar-refractivity contribution in [2.24, 2.45) is 0 Å². The van der Waals surface area contributed by atoms with E-state index in [9.17, 15) is 9.18 Å². The molecule has 2 aromatic carbocycles. The van der Waals surface area contributed by atoms with E-state index in [0.29, 0.717) is 10.9 Å². The van der Waals surface area contributed by atoms with Gasteiger partial charge in [0, 0.05) is 0 Å². The van der Waals surface area contributed by atoms with Gasteiger partial charge in [-0.1, -0.05) is 18.2 Å². The molecule has 0 aliphatic rings. The number of nitrogens with zero attached hydrogens (tertiary/aromatic N) is 1. The van der Waals surface area contributed by atoms with E-state index in [1.165, 1.54) is 16.8 Å². The fourth-order valence-electron chi connectivity index (χ4n) is 1.84. The zero-order valence-corrected chi connectivity index (χ0v) is 8.85. The lowest BCUT2D eigenvalue weighted by Gasteiger charge is -1.98. The monoisotopic (exact) mass is 228 g/mol. The van der Waals surface area contributed by atoms with Crippen LogP contribution in [0.3, 0.4) is 0 Å². The van der Waals surface area contributed by atoms with Crippen LogP contribution in [0.15, 0.2) is 53.3 Å². The minimum Gasteiger partial charge on any atom is -0.290 e. The first-order valence-corrected chi connectivity index (χ1v) is 5.21. The second kappa shape index (κ2) is 3.59. The van der Waals surface area contributed by atoms with Crippen molar-refractivity contribution in [3.63, 3.8) is 0 Å². The molecule has 17 heavy (non-hydrogen) atoms. The third-order valence-corrected chi connectivity index (χ3v) is 2.66. The maximum Gasteiger partial charge on any atom is 0.279 e. The van der Waals surface area contributed by atoms with Gasteiger partial charge in [-0.3, -0.25) is 9.89 Å². The van der Waals surface area contributed by atoms with E-state index in [-0.39, 0.29) is 5.56 Å². The number of H-pyrrole nitrogens is 1. The smallest absolute Gasteiger partial charge is 0.279 e. The Morgan fingerprint density at radius 2 is 1.82 bits per heavy atom. The molecule has 3 rings (SSSR count). The van der Waals surface area contributed by atoms with E-state index < -0.39 is 5.82 Å². The van der Waals surface area contributed by atoms with Crippen molar-refractivity contribution < 1.29 is 4.39 Å². The molecule has 0 saturated heterocycles. The molecule has 0 bridgehead atoms. The van der Waals surface area contributed by atoms with E-state index in [1.807, 2.05) is 30.3 Å². The molecular formula is C13H9FN2O. The Hall–Kier alpha value is -2.36. The summed E-state index contributed by atoms with van der Waals surface area (Å²) in [4.78, 5) is 12.0. The third-order valence-electron chi connectivity index (χ3n) is 2.66. The van der Waals surface area contributed by atoms with Gasteiger partial charge < -0.3 is 0 Å². The first kappa shape index (κ1) is 9.84. The number of benzene rings is 2. The lowest BCUT2D eigenvalue weighted by atomic mass is 10.2. The van der Waals surface area contributed by atoms with Gasteiger partial charge in [-0.2, -0.15) is 0 Å². The molecule has 0 saturated carbocycles. The van der Waals surface area contributed by atoms with Gasteiger partial charge in [-0.05, 0) is 30.3 Å². The molecule has 0 amide bonds. The number of hydrogen-bond acceptors (Lipinski definition) is 1. The predicted molar refractivity (Wildman–Crippen MR) is 63.9 cm³/mol. The lowest BCUT2D eigenvalue weighted by molar-refractivity contribution is 0.629. The van der Waals surface area contributed by atoms with Crippen molar-refractivity contribution in [3.8, 4) is 5.69 Å². The molecule has 0 radical (unpaired) electrons. The van der Waals surface area contributed by atoms with Crippen LogP contribution in [0.4, 0.5) is 4.39 Å². The van der Waals surface area contributed by atoms with Gasteiger partial charge in [0.05, 0.1) is 16.6 Å². The van der Waals surface area contributed by atoms with Crippen LogP contribution < -0.4 is 5.56 Å². The number of hydrogen-bond donors (Lipinski definition) is 1. The van der Waals surface area contributed by atoms with Gasteiger partial charge in [0.1, 0.15) is 5.82 Å². The summed E-state index contributed by atoms with van der Waals surface area (Å²) in [6, 6.07) is 13.3. The van der Waals surface area contributed by atoms with Gasteiger partial charge in [-0.25, -0.2) is 9.07 Å². The number of fused-ring (bicyclic) bond motifs is 1. The van der Waals surface area contributed by atoms with Gasteiger partial charge >= 0.3 is 0 Å². The zero-order chi connectivity index (χ0) is 11.8. The lowest BCUT2D eigenvalue weighted by Crippen LogP contribution is -2.13. The first-order valence-electron chi connectivity index (χ1n) is 5.21. The van der Waals surface area contributed by atoms with Crippen molar-refractivity contribution in [1.29, 1.82) is 0 Å². The van der Waals surface area contributed by atoms with Crippen LogP contribution in [0.2, 0.25) is 0 Å². The molecule has 1 heterocycles. The zero-order valence-electron chi connectivity index (χ0n) is 8.85. The summed E-state index contributed by atoms with van der Waals surface area (Å²) >= 11 is 0. The molecule has 84 valence electrons. The van der Waals surface area contributed by atoms with Crippen LogP contribution >= 0.6 is 0 Å². The van der Waals surface area contributed by atoms with Crippen LogP contribution in [-0.4, -0.2) is 9.78 Å². The van der Waals surface area contributed by atoms with Crippen LogP contribution in [-0.2, 0) is 0 Å². The van der Waals surface area contributed by atoms with Crippen LogP contribution in [0.25, 0.3) is 16.6 Å². The Morgan fingerprint density at radius 3 is 2.59 bits per heavy atom. The van der Waals surface area contributed by atoms with Gasteiger partial charge in [0.25, 0.3) is 5.56 Å². The molecule has 4 heteroatoms. The van der Waals surface area contributed by atoms with Crippen molar-refractivity contribution in [1.82, 2.24) is 9.78 Å². The summed E-state index contributed by atoms with van der Waals surface area (Å²) in [5, 5.41) is 3.30. The molecule has 0 aliphatic heterocycles. The summed E-state index contributed by atoms with van der Waals surface area (Å²) in [6.45, 7) is 0. The Kier molecular flexibility index (Phi) is 2.08. The first-order chi connectivity index (χ1) is 8.25. The third kappa shape index (κ3) is 1.54. The molecule has 1 N–H and O–H groups in total. The van der Waals surface area contributed by atoms with Crippen LogP contribution in [0, 0.1) is 5.82 Å². The van der Waals surface area contributed by atoms with E-state index in [1.54, 1.807) is 6.07 Å². The highest BCUT2D eigenvalue weighted by molar-refractivity contribution is 5.78. The second-order valence-corrected chi connectivity index (χ2v) is 3.78. The molecule has 0 unspecified atom stereocenters. The largest absolute Gasteiger partial charge is 0.290 e. The SMILES string of the molecule is O=c1c2cc(F)ccc2[nH]n1-c1ccccc1. The summed E-state index contributed by atoms with van der Waals surface area (Å²) < 4.78 is 14.5. The molecule has 0 spiro atoms. The van der Waals surface area contributed by atoms with Crippen molar-refractivity contribution in [3.05, 3.63) is 64.7 Å². The molecule has 0 fully saturated rings. The number of para-hydroxylation sites is 1. The average Bonchev–Trinajstić information content (AvgIpc) is 2.68. The number of rotatable bonds is 1. The summed E-state index contributed by atoms with van der Waals surface area (Å²) in [7, 11) is 0. The number of aromatic amines is 1. The standard InChI is InChI=1S/C13H9FN2O/c14-9-6-7-12-11(8-9)13(17)16(15-12)10-4-2-1-3-5-10/h1-8,15H. The molecule has 0 aliphatic carbocycles. The molecule has 0 atom stereocenters. The van der Waals surface area contributed by atoms with Crippen LogP contribution in [0.1, 0.15) is 0 Å². The highest BCUT2D eigenvalue weighted by Crippen LogP contribution is 2.12. The normalized spacial score (nSPS) is 10.9. The summed E-state index contributed by atoms with van der Waals surface area (Å²) in [5.74, 6) is -0.409. The van der Waals surface area contributed by atoms with Crippen LogP contribution in [0.5, 0.6) is 0 Å². The van der Waals surface area contributed by atoms with E-state index in [2.05, 4.69) is 5.10 Å². The van der Waals surface area contributed by atoms with Gasteiger partial charge in [0.15, 0.2) is 0 Å². The Labute approximate surface area is 96.1 Å². The number of halogens is 1. The van der Waals surface area contributed by atoms with Gasteiger partial charge in [0.2, 0.25) is 0 Å². The fraction of sp³-hybridized carbons (Fsp3) is 0. The van der Waals surface area contributed by atoms with Crippen molar-refractivity contribution in [2.75, 3.05) is 0 Å². The number of nitrogens with one attached hydrogen (secondary N) is 1. The van der Waals surface area contributed by atoms with E-state index in [4.69, 9.17) is 0 Å². The Balaban J connectivity index is 2.33. The van der Waals surface area contributed by atoms with Crippen molar-refractivity contribution in [2.45, 2.75) is 0 Å². The van der Waals surface area contributed by atoms with E-state index in [0.717, 1.165) is 5.69 Å². The average molecular weight is 228 g/mol. The highest BCUT2D eigenvalue weighted by Gasteiger charge is 2.08. The second-order valence-electron chi connectivity index (χ2n) is 3.78. The highest BCUT2D eigenvalue weighted by atomic mass is 19.1. The topological polar surface area (TPSA) is 37.8 Å². The molecule has 3 nitrogen and oxygen atoms in total. The minimum absolute atomic E-state index is 0.245. The molecule has 3 aromatic rings. The summed E-state index contributed by atoms with van der Waals surface area (Å²) in [5.41, 5.74) is 1.11. The summed E-state index contributed by atoms with van der Waals surface area (Å²) in [6.07, 6.45) is 0. The molecule has 1 aromatic heterocycles. The quantitative estimate of drug-likeness (QED) is 0.682. The molecular weight excluding hydrogens is 219 g/mol. The van der Waals surface area contributed by atoms with Crippen molar-refractivity contribution >= 4 is 10.9 Å². The number of aromatic nitrogens is 2. The maximum absolute atomic E-state index is 13.1. The van der Waals surface area contributed by atoms with E-state index >= 15 is 0 Å². The maximum atomic E-state index is 13.1. The van der Waals surface area contributed by atoms with Gasteiger partial charge in [-0.15, -0.1) is 0 Å².